The van der Waals surface area contributed by atoms with E-state index < -0.39 is 5.92 Å². The van der Waals surface area contributed by atoms with Crippen molar-refractivity contribution < 1.29 is 13.5 Å². The highest BCUT2D eigenvalue weighted by Gasteiger charge is 2.41. The first kappa shape index (κ1) is 13.4. The van der Waals surface area contributed by atoms with Crippen LogP contribution < -0.4 is 5.32 Å². The number of halogens is 2. The summed E-state index contributed by atoms with van der Waals surface area (Å²) in [6.45, 7) is 2.06. The molecule has 2 N–H and O–H groups in total. The summed E-state index contributed by atoms with van der Waals surface area (Å²) in [5.41, 5.74) is 0.927. The van der Waals surface area contributed by atoms with Crippen LogP contribution in [-0.4, -0.2) is 36.2 Å². The molecule has 1 aromatic rings. The van der Waals surface area contributed by atoms with Crippen molar-refractivity contribution in [3.63, 3.8) is 0 Å². The maximum atomic E-state index is 13.1. The van der Waals surface area contributed by atoms with Gasteiger partial charge in [0.15, 0.2) is 0 Å². The largest absolute Gasteiger partial charge is 0.383 e. The van der Waals surface area contributed by atoms with E-state index in [1.54, 1.807) is 13.3 Å². The molecule has 102 valence electrons. The summed E-state index contributed by atoms with van der Waals surface area (Å²) in [6, 6.07) is 0. The molecule has 0 aromatic carbocycles. The predicted molar refractivity (Wildman–Crippen MR) is 63.7 cm³/mol. The lowest BCUT2D eigenvalue weighted by molar-refractivity contribution is 0.00755. The molecule has 0 bridgehead atoms. The van der Waals surface area contributed by atoms with Crippen molar-refractivity contribution in [3.8, 4) is 0 Å². The highest BCUT2D eigenvalue weighted by Crippen LogP contribution is 2.43. The van der Waals surface area contributed by atoms with Crippen molar-refractivity contribution in [2.75, 3.05) is 20.3 Å². The quantitative estimate of drug-likeness (QED) is 0.769. The molecule has 6 heteroatoms. The van der Waals surface area contributed by atoms with Gasteiger partial charge in [0.2, 0.25) is 5.92 Å². The minimum atomic E-state index is -2.52. The van der Waals surface area contributed by atoms with Crippen LogP contribution >= 0.6 is 0 Å². The zero-order valence-corrected chi connectivity index (χ0v) is 10.5. The molecule has 1 fully saturated rings. The van der Waals surface area contributed by atoms with Crippen LogP contribution in [0.25, 0.3) is 0 Å². The molecule has 0 aliphatic heterocycles. The van der Waals surface area contributed by atoms with Crippen LogP contribution in [0, 0.1) is 0 Å². The SMILES string of the molecule is COCCNCc1cnc(C2CCC(F)(F)C2)[nH]1. The van der Waals surface area contributed by atoms with Gasteiger partial charge in [-0.1, -0.05) is 0 Å². The van der Waals surface area contributed by atoms with Gasteiger partial charge in [-0.15, -0.1) is 0 Å². The van der Waals surface area contributed by atoms with Crippen LogP contribution in [0.1, 0.15) is 36.7 Å². The molecule has 1 aliphatic carbocycles. The number of alkyl halides is 2. The highest BCUT2D eigenvalue weighted by molar-refractivity contribution is 5.08. The number of nitrogens with zero attached hydrogens (tertiary/aromatic N) is 1. The van der Waals surface area contributed by atoms with Gasteiger partial charge in [0, 0.05) is 50.8 Å². The van der Waals surface area contributed by atoms with Crippen LogP contribution in [0.3, 0.4) is 0 Å². The Bertz CT molecular complexity index is 381. The second-order valence-corrected chi connectivity index (χ2v) is 4.76. The lowest BCUT2D eigenvalue weighted by Gasteiger charge is -2.07. The number of hydrogen-bond acceptors (Lipinski definition) is 3. The van der Waals surface area contributed by atoms with Crippen LogP contribution in [0.5, 0.6) is 0 Å². The minimum Gasteiger partial charge on any atom is -0.383 e. The number of ether oxygens (including phenoxy) is 1. The van der Waals surface area contributed by atoms with E-state index in [9.17, 15) is 8.78 Å². The molecule has 4 nitrogen and oxygen atoms in total. The van der Waals surface area contributed by atoms with Gasteiger partial charge in [0.25, 0.3) is 0 Å². The van der Waals surface area contributed by atoms with Crippen molar-refractivity contribution >= 4 is 0 Å². The van der Waals surface area contributed by atoms with Gasteiger partial charge < -0.3 is 15.0 Å². The van der Waals surface area contributed by atoms with Crippen LogP contribution in [0.15, 0.2) is 6.20 Å². The zero-order chi connectivity index (χ0) is 13.0. The fraction of sp³-hybridized carbons (Fsp3) is 0.750. The van der Waals surface area contributed by atoms with Crippen LogP contribution in [0.2, 0.25) is 0 Å². The van der Waals surface area contributed by atoms with E-state index in [-0.39, 0.29) is 18.8 Å². The van der Waals surface area contributed by atoms with Gasteiger partial charge in [-0.05, 0) is 6.42 Å². The summed E-state index contributed by atoms with van der Waals surface area (Å²) in [6.07, 6.45) is 2.11. The van der Waals surface area contributed by atoms with Crippen molar-refractivity contribution in [1.29, 1.82) is 0 Å². The molecule has 1 unspecified atom stereocenters. The standard InChI is InChI=1S/C12H19F2N3O/c1-18-5-4-15-7-10-8-16-11(17-10)9-2-3-12(13,14)6-9/h8-9,15H,2-7H2,1H3,(H,16,17). The van der Waals surface area contributed by atoms with E-state index in [1.807, 2.05) is 0 Å². The van der Waals surface area contributed by atoms with E-state index in [1.165, 1.54) is 0 Å². The molecule has 0 radical (unpaired) electrons. The van der Waals surface area contributed by atoms with Crippen molar-refractivity contribution in [2.45, 2.75) is 37.6 Å². The lowest BCUT2D eigenvalue weighted by atomic mass is 10.1. The zero-order valence-electron chi connectivity index (χ0n) is 10.5. The first-order valence-electron chi connectivity index (χ1n) is 6.22. The smallest absolute Gasteiger partial charge is 0.248 e. The number of rotatable bonds is 6. The number of methoxy groups -OCH3 is 1. The van der Waals surface area contributed by atoms with E-state index >= 15 is 0 Å². The second-order valence-electron chi connectivity index (χ2n) is 4.76. The molecule has 2 rings (SSSR count). The molecule has 1 saturated carbocycles. The first-order chi connectivity index (χ1) is 8.61. The fourth-order valence-corrected chi connectivity index (χ4v) is 2.25. The molecule has 0 saturated heterocycles. The summed E-state index contributed by atoms with van der Waals surface area (Å²) in [5, 5.41) is 3.18. The van der Waals surface area contributed by atoms with Crippen LogP contribution in [-0.2, 0) is 11.3 Å². The monoisotopic (exact) mass is 259 g/mol. The van der Waals surface area contributed by atoms with E-state index in [4.69, 9.17) is 4.74 Å². The molecular formula is C12H19F2N3O. The fourth-order valence-electron chi connectivity index (χ4n) is 2.25. The van der Waals surface area contributed by atoms with Gasteiger partial charge in [-0.3, -0.25) is 0 Å². The Balaban J connectivity index is 1.83. The molecule has 1 atom stereocenters. The minimum absolute atomic E-state index is 0.0280. The topological polar surface area (TPSA) is 49.9 Å². The summed E-state index contributed by atoms with van der Waals surface area (Å²) in [4.78, 5) is 7.32. The highest BCUT2D eigenvalue weighted by atomic mass is 19.3. The van der Waals surface area contributed by atoms with E-state index in [0.29, 0.717) is 25.4 Å². The average molecular weight is 259 g/mol. The molecule has 1 aliphatic rings. The third-order valence-corrected chi connectivity index (χ3v) is 3.24. The predicted octanol–water partition coefficient (Wildman–Crippen LogP) is 2.05. The van der Waals surface area contributed by atoms with Crippen LogP contribution in [0.4, 0.5) is 8.78 Å². The summed E-state index contributed by atoms with van der Waals surface area (Å²) < 4.78 is 31.1. The Kier molecular flexibility index (Phi) is 4.29. The van der Waals surface area contributed by atoms with Gasteiger partial charge in [-0.2, -0.15) is 0 Å². The summed E-state index contributed by atoms with van der Waals surface area (Å²) >= 11 is 0. The van der Waals surface area contributed by atoms with E-state index in [0.717, 1.165) is 12.2 Å². The van der Waals surface area contributed by atoms with Gasteiger partial charge in [0.05, 0.1) is 6.61 Å². The number of hydrogen-bond donors (Lipinski definition) is 2. The summed E-state index contributed by atoms with van der Waals surface area (Å²) in [7, 11) is 1.65. The Morgan fingerprint density at radius 1 is 1.61 bits per heavy atom. The van der Waals surface area contributed by atoms with Crippen molar-refractivity contribution in [1.82, 2.24) is 15.3 Å². The van der Waals surface area contributed by atoms with Crippen molar-refractivity contribution in [2.24, 2.45) is 0 Å². The average Bonchev–Trinajstić information content (AvgIpc) is 2.91. The molecule has 0 spiro atoms. The number of aromatic amines is 1. The molecule has 1 aromatic heterocycles. The molecular weight excluding hydrogens is 240 g/mol. The first-order valence-corrected chi connectivity index (χ1v) is 6.22. The second kappa shape index (κ2) is 5.75. The Morgan fingerprint density at radius 3 is 3.11 bits per heavy atom. The third kappa shape index (κ3) is 3.49. The molecule has 1 heterocycles. The number of imidazole rings is 1. The Hall–Kier alpha value is -1.01. The molecule has 0 amide bonds. The van der Waals surface area contributed by atoms with E-state index in [2.05, 4.69) is 15.3 Å². The van der Waals surface area contributed by atoms with Gasteiger partial charge in [0.1, 0.15) is 5.82 Å². The Morgan fingerprint density at radius 2 is 2.44 bits per heavy atom. The Labute approximate surface area is 105 Å². The lowest BCUT2D eigenvalue weighted by Crippen LogP contribution is -2.18. The maximum Gasteiger partial charge on any atom is 0.248 e. The third-order valence-electron chi connectivity index (χ3n) is 3.24. The van der Waals surface area contributed by atoms with Crippen molar-refractivity contribution in [3.05, 3.63) is 17.7 Å². The molecule has 18 heavy (non-hydrogen) atoms. The summed E-state index contributed by atoms with van der Waals surface area (Å²) in [5.74, 6) is -1.96. The number of nitrogens with one attached hydrogen (secondary N) is 2. The number of aromatic nitrogens is 2. The van der Waals surface area contributed by atoms with Gasteiger partial charge in [-0.25, -0.2) is 13.8 Å². The number of H-pyrrole nitrogens is 1. The van der Waals surface area contributed by atoms with Gasteiger partial charge >= 0.3 is 0 Å². The maximum absolute atomic E-state index is 13.1. The normalized spacial score (nSPS) is 22.5.